The minimum atomic E-state index is 0.226. The quantitative estimate of drug-likeness (QED) is 0.833. The zero-order chi connectivity index (χ0) is 18.5. The molecular formula is C21H34N3O2+. The molecule has 0 bridgehead atoms. The first-order valence-corrected chi connectivity index (χ1v) is 10.1. The third kappa shape index (κ3) is 4.70. The third-order valence-corrected chi connectivity index (χ3v) is 6.37. The molecular weight excluding hydrogens is 326 g/mol. The molecule has 144 valence electrons. The maximum absolute atomic E-state index is 12.5. The summed E-state index contributed by atoms with van der Waals surface area (Å²) < 4.78 is 5.23. The van der Waals surface area contributed by atoms with Crippen molar-refractivity contribution in [3.63, 3.8) is 0 Å². The van der Waals surface area contributed by atoms with Crippen molar-refractivity contribution >= 4 is 11.6 Å². The topological polar surface area (TPSA) is 46.0 Å². The molecule has 5 heteroatoms. The summed E-state index contributed by atoms with van der Waals surface area (Å²) in [6, 6.07) is 8.61. The Hall–Kier alpha value is -1.75. The minimum absolute atomic E-state index is 0.226. The van der Waals surface area contributed by atoms with Gasteiger partial charge in [-0.2, -0.15) is 0 Å². The fourth-order valence-electron chi connectivity index (χ4n) is 4.32. The highest BCUT2D eigenvalue weighted by Crippen LogP contribution is 2.29. The van der Waals surface area contributed by atoms with Crippen molar-refractivity contribution in [3.8, 4) is 5.75 Å². The van der Waals surface area contributed by atoms with Crippen molar-refractivity contribution in [2.24, 2.45) is 11.8 Å². The van der Waals surface area contributed by atoms with Crippen LogP contribution < -0.4 is 19.9 Å². The van der Waals surface area contributed by atoms with E-state index in [2.05, 4.69) is 36.2 Å². The van der Waals surface area contributed by atoms with Crippen molar-refractivity contribution in [2.75, 3.05) is 44.7 Å². The number of carbonyl (C=O) groups excluding carboxylic acids is 1. The average Bonchev–Trinajstić information content (AvgIpc) is 2.66. The molecule has 0 aromatic heterocycles. The summed E-state index contributed by atoms with van der Waals surface area (Å²) in [6.07, 6.45) is 3.67. The lowest BCUT2D eigenvalue weighted by atomic mass is 9.78. The van der Waals surface area contributed by atoms with E-state index in [0.29, 0.717) is 18.5 Å². The highest BCUT2D eigenvalue weighted by molar-refractivity contribution is 5.77. The fourth-order valence-corrected chi connectivity index (χ4v) is 4.32. The number of carbonyl (C=O) groups is 1. The van der Waals surface area contributed by atoms with E-state index in [1.165, 1.54) is 23.4 Å². The molecule has 2 fully saturated rings. The van der Waals surface area contributed by atoms with Gasteiger partial charge in [0.15, 0.2) is 6.54 Å². The van der Waals surface area contributed by atoms with Crippen LogP contribution in [0.15, 0.2) is 24.3 Å². The molecule has 1 aliphatic heterocycles. The van der Waals surface area contributed by atoms with Gasteiger partial charge < -0.3 is 19.9 Å². The van der Waals surface area contributed by atoms with E-state index >= 15 is 0 Å². The number of anilines is 1. The van der Waals surface area contributed by atoms with Crippen molar-refractivity contribution in [3.05, 3.63) is 24.3 Å². The maximum Gasteiger partial charge on any atom is 0.275 e. The first-order chi connectivity index (χ1) is 12.6. The molecule has 2 N–H and O–H groups in total. The molecule has 0 spiro atoms. The number of hydrogen-bond donors (Lipinski definition) is 2. The van der Waals surface area contributed by atoms with E-state index in [4.69, 9.17) is 4.74 Å². The Balaban J connectivity index is 1.43. The number of quaternary nitrogens is 1. The Bertz CT molecular complexity index is 581. The van der Waals surface area contributed by atoms with Gasteiger partial charge in [0.2, 0.25) is 0 Å². The second-order valence-corrected chi connectivity index (χ2v) is 8.05. The third-order valence-electron chi connectivity index (χ3n) is 6.37. The minimum Gasteiger partial charge on any atom is -0.497 e. The summed E-state index contributed by atoms with van der Waals surface area (Å²) >= 11 is 0. The molecule has 1 heterocycles. The van der Waals surface area contributed by atoms with Gasteiger partial charge in [-0.25, -0.2) is 0 Å². The number of ether oxygens (including phenoxy) is 1. The molecule has 26 heavy (non-hydrogen) atoms. The summed E-state index contributed by atoms with van der Waals surface area (Å²) in [5.41, 5.74) is 1.24. The zero-order valence-corrected chi connectivity index (χ0v) is 16.5. The molecule has 3 atom stereocenters. The van der Waals surface area contributed by atoms with Gasteiger partial charge in [0.05, 0.1) is 33.3 Å². The van der Waals surface area contributed by atoms with Crippen molar-refractivity contribution in [1.29, 1.82) is 0 Å². The van der Waals surface area contributed by atoms with Crippen LogP contribution in [0.2, 0.25) is 0 Å². The summed E-state index contributed by atoms with van der Waals surface area (Å²) in [5.74, 6) is 2.42. The first kappa shape index (κ1) is 19.0. The van der Waals surface area contributed by atoms with E-state index in [9.17, 15) is 4.79 Å². The van der Waals surface area contributed by atoms with Crippen LogP contribution in [-0.2, 0) is 4.79 Å². The predicted octanol–water partition coefficient (Wildman–Crippen LogP) is 1.34. The van der Waals surface area contributed by atoms with Crippen LogP contribution in [0.3, 0.4) is 0 Å². The standard InChI is InChI=1S/C21H33N3O2/c1-16-5-4-6-20(17(16)2)22-21(25)15-23-11-13-24(14-12-23)18-7-9-19(26-3)10-8-18/h7-10,16-17,20H,4-6,11-15H2,1-3H3,(H,22,25)/p+1/t16-,17+,20+/m0/s1. The Morgan fingerprint density at radius 1 is 1.19 bits per heavy atom. The van der Waals surface area contributed by atoms with Crippen LogP contribution in [0, 0.1) is 11.8 Å². The molecule has 1 amide bonds. The summed E-state index contributed by atoms with van der Waals surface area (Å²) in [7, 11) is 1.69. The number of rotatable bonds is 5. The highest BCUT2D eigenvalue weighted by atomic mass is 16.5. The van der Waals surface area contributed by atoms with Gasteiger partial charge in [0, 0.05) is 11.7 Å². The number of benzene rings is 1. The predicted molar refractivity (Wildman–Crippen MR) is 105 cm³/mol. The highest BCUT2D eigenvalue weighted by Gasteiger charge is 2.29. The SMILES string of the molecule is COc1ccc(N2CC[NH+](CC(=O)N[C@@H]3CCC[C@H](C)[C@H]3C)CC2)cc1. The lowest BCUT2D eigenvalue weighted by Gasteiger charge is -2.36. The molecule has 0 radical (unpaired) electrons. The van der Waals surface area contributed by atoms with E-state index < -0.39 is 0 Å². The second kappa shape index (κ2) is 8.76. The van der Waals surface area contributed by atoms with Crippen LogP contribution in [-0.4, -0.2) is 51.8 Å². The average molecular weight is 361 g/mol. The number of methoxy groups -OCH3 is 1. The summed E-state index contributed by atoms with van der Waals surface area (Å²) in [5, 5.41) is 3.31. The second-order valence-electron chi connectivity index (χ2n) is 8.05. The van der Waals surface area contributed by atoms with Gasteiger partial charge in [0.25, 0.3) is 5.91 Å². The van der Waals surface area contributed by atoms with Gasteiger partial charge in [-0.3, -0.25) is 4.79 Å². The molecule has 1 aromatic carbocycles. The van der Waals surface area contributed by atoms with Crippen molar-refractivity contribution in [1.82, 2.24) is 5.32 Å². The van der Waals surface area contributed by atoms with Crippen molar-refractivity contribution in [2.45, 2.75) is 39.2 Å². The molecule has 1 aliphatic carbocycles. The smallest absolute Gasteiger partial charge is 0.275 e. The molecule has 1 saturated carbocycles. The Labute approximate surface area is 157 Å². The Kier molecular flexibility index (Phi) is 6.41. The molecule has 1 saturated heterocycles. The van der Waals surface area contributed by atoms with Gasteiger partial charge in [-0.15, -0.1) is 0 Å². The first-order valence-electron chi connectivity index (χ1n) is 10.1. The van der Waals surface area contributed by atoms with E-state index in [1.807, 2.05) is 12.1 Å². The van der Waals surface area contributed by atoms with Crippen LogP contribution in [0.5, 0.6) is 5.75 Å². The van der Waals surface area contributed by atoms with Crippen LogP contribution in [0.4, 0.5) is 5.69 Å². The fraction of sp³-hybridized carbons (Fsp3) is 0.667. The van der Waals surface area contributed by atoms with Crippen LogP contribution in [0.1, 0.15) is 33.1 Å². The molecule has 1 aromatic rings. The van der Waals surface area contributed by atoms with Gasteiger partial charge in [-0.05, 0) is 42.5 Å². The number of nitrogens with zero attached hydrogens (tertiary/aromatic N) is 1. The monoisotopic (exact) mass is 360 g/mol. The van der Waals surface area contributed by atoms with Crippen LogP contribution >= 0.6 is 0 Å². The Morgan fingerprint density at radius 3 is 2.54 bits per heavy atom. The molecule has 0 unspecified atom stereocenters. The Morgan fingerprint density at radius 2 is 1.88 bits per heavy atom. The molecule has 5 nitrogen and oxygen atoms in total. The largest absolute Gasteiger partial charge is 0.497 e. The maximum atomic E-state index is 12.5. The summed E-state index contributed by atoms with van der Waals surface area (Å²) in [4.78, 5) is 16.3. The normalized spacial score (nSPS) is 27.2. The molecule has 3 rings (SSSR count). The van der Waals surface area contributed by atoms with E-state index in [0.717, 1.165) is 44.3 Å². The van der Waals surface area contributed by atoms with Crippen LogP contribution in [0.25, 0.3) is 0 Å². The van der Waals surface area contributed by atoms with Gasteiger partial charge in [0.1, 0.15) is 5.75 Å². The number of nitrogens with one attached hydrogen (secondary N) is 2. The number of amides is 1. The zero-order valence-electron chi connectivity index (χ0n) is 16.5. The lowest BCUT2D eigenvalue weighted by Crippen LogP contribution is -3.16. The van der Waals surface area contributed by atoms with E-state index in [1.54, 1.807) is 7.11 Å². The van der Waals surface area contributed by atoms with Gasteiger partial charge >= 0.3 is 0 Å². The van der Waals surface area contributed by atoms with E-state index in [-0.39, 0.29) is 5.91 Å². The van der Waals surface area contributed by atoms with Crippen molar-refractivity contribution < 1.29 is 14.4 Å². The molecule has 2 aliphatic rings. The lowest BCUT2D eigenvalue weighted by molar-refractivity contribution is -0.892. The van der Waals surface area contributed by atoms with Gasteiger partial charge in [-0.1, -0.05) is 26.7 Å². The summed E-state index contributed by atoms with van der Waals surface area (Å²) in [6.45, 7) is 9.21. The number of hydrogen-bond acceptors (Lipinski definition) is 3. The number of piperazine rings is 1.